The molecule has 1 heterocycles. The molecule has 3 nitrogen and oxygen atoms in total. The molecule has 7 heteroatoms. The molecule has 0 unspecified atom stereocenters. The maximum atomic E-state index is 12.8. The maximum Gasteiger partial charge on any atom is 0.270 e. The summed E-state index contributed by atoms with van der Waals surface area (Å²) in [6.07, 6.45) is 7.08. The van der Waals surface area contributed by atoms with Gasteiger partial charge in [0.25, 0.3) is 5.91 Å². The summed E-state index contributed by atoms with van der Waals surface area (Å²) in [5, 5.41) is 0. The van der Waals surface area contributed by atoms with Gasteiger partial charge in [0.2, 0.25) is 0 Å². The summed E-state index contributed by atoms with van der Waals surface area (Å²) in [6, 6.07) is 13.2. The molecule has 1 saturated heterocycles. The van der Waals surface area contributed by atoms with Gasteiger partial charge in [-0.05, 0) is 74.4 Å². The molecule has 0 radical (unpaired) electrons. The van der Waals surface area contributed by atoms with Gasteiger partial charge >= 0.3 is 0 Å². The van der Waals surface area contributed by atoms with E-state index in [1.165, 1.54) is 11.8 Å². The number of thioether (sulfide) groups is 1. The highest BCUT2D eigenvalue weighted by atomic mass is 127. The van der Waals surface area contributed by atoms with Crippen LogP contribution in [0.2, 0.25) is 0 Å². The molecule has 130 valence electrons. The van der Waals surface area contributed by atoms with Gasteiger partial charge in [-0.1, -0.05) is 48.1 Å². The number of ether oxygens (including phenoxy) is 1. The van der Waals surface area contributed by atoms with Crippen LogP contribution in [0.1, 0.15) is 5.56 Å². The molecular formula is C19H11BrINO2S2. The van der Waals surface area contributed by atoms with E-state index < -0.39 is 0 Å². The minimum atomic E-state index is -0.120. The number of benzene rings is 2. The number of amides is 1. The van der Waals surface area contributed by atoms with Crippen LogP contribution >= 0.6 is 62.5 Å². The first kappa shape index (κ1) is 19.4. The first-order chi connectivity index (χ1) is 12.5. The second-order valence-electron chi connectivity index (χ2n) is 5.16. The average molecular weight is 556 g/mol. The lowest BCUT2D eigenvalue weighted by atomic mass is 10.2. The van der Waals surface area contributed by atoms with Gasteiger partial charge in [0.05, 0.1) is 18.6 Å². The third-order valence-corrected chi connectivity index (χ3v) is 6.12. The van der Waals surface area contributed by atoms with Crippen LogP contribution in [-0.4, -0.2) is 16.8 Å². The molecule has 1 fully saturated rings. The largest absolute Gasteiger partial charge is 0.479 e. The van der Waals surface area contributed by atoms with Crippen LogP contribution in [0.15, 0.2) is 51.8 Å². The zero-order valence-corrected chi connectivity index (χ0v) is 18.6. The Hall–Kier alpha value is -1.34. The maximum absolute atomic E-state index is 12.8. The number of anilines is 1. The van der Waals surface area contributed by atoms with Gasteiger partial charge in [-0.3, -0.25) is 9.69 Å². The number of carbonyl (C=O) groups is 1. The number of rotatable bonds is 4. The van der Waals surface area contributed by atoms with Crippen molar-refractivity contribution < 1.29 is 9.53 Å². The Morgan fingerprint density at radius 1 is 1.35 bits per heavy atom. The highest BCUT2D eigenvalue weighted by Crippen LogP contribution is 2.38. The Bertz CT molecular complexity index is 931. The summed E-state index contributed by atoms with van der Waals surface area (Å²) in [6.45, 7) is 0.198. The lowest BCUT2D eigenvalue weighted by Gasteiger charge is -2.13. The Morgan fingerprint density at radius 2 is 2.08 bits per heavy atom. The predicted molar refractivity (Wildman–Crippen MR) is 123 cm³/mol. The van der Waals surface area contributed by atoms with Crippen LogP contribution in [0.25, 0.3) is 6.08 Å². The van der Waals surface area contributed by atoms with E-state index >= 15 is 0 Å². The Labute approximate surface area is 183 Å². The minimum Gasteiger partial charge on any atom is -0.479 e. The zero-order valence-electron chi connectivity index (χ0n) is 13.2. The minimum absolute atomic E-state index is 0.120. The lowest BCUT2D eigenvalue weighted by Crippen LogP contribution is -2.27. The average Bonchev–Trinajstić information content (AvgIpc) is 2.88. The van der Waals surface area contributed by atoms with Gasteiger partial charge < -0.3 is 4.74 Å². The van der Waals surface area contributed by atoms with Crippen molar-refractivity contribution in [1.29, 1.82) is 0 Å². The number of hydrogen-bond donors (Lipinski definition) is 0. The number of halogens is 2. The van der Waals surface area contributed by atoms with Gasteiger partial charge in [0.1, 0.15) is 12.4 Å². The van der Waals surface area contributed by atoms with Crippen molar-refractivity contribution in [3.8, 4) is 18.1 Å². The standard InChI is InChI=1S/C19H11BrINO2S2/c1-2-8-24-17-14(20)9-12(10-15(17)21)11-16-18(23)22(19(25)26-16)13-6-4-3-5-7-13/h1,3-7,9-11H,8H2/b16-11+. The first-order valence-electron chi connectivity index (χ1n) is 7.39. The molecule has 2 aromatic carbocycles. The van der Waals surface area contributed by atoms with Crippen LogP contribution in [0, 0.1) is 15.9 Å². The van der Waals surface area contributed by atoms with Crippen molar-refractivity contribution in [3.05, 3.63) is 61.0 Å². The third-order valence-electron chi connectivity index (χ3n) is 3.43. The first-order valence-corrected chi connectivity index (χ1v) is 10.5. The third kappa shape index (κ3) is 4.14. The molecule has 0 atom stereocenters. The number of terminal acetylenes is 1. The second kappa shape index (κ2) is 8.57. The molecule has 1 aliphatic rings. The normalized spacial score (nSPS) is 15.4. The summed E-state index contributed by atoms with van der Waals surface area (Å²) in [7, 11) is 0. The van der Waals surface area contributed by atoms with E-state index in [1.54, 1.807) is 4.90 Å². The molecule has 0 aromatic heterocycles. The molecule has 0 saturated carbocycles. The lowest BCUT2D eigenvalue weighted by molar-refractivity contribution is -0.113. The molecule has 0 spiro atoms. The van der Waals surface area contributed by atoms with Crippen molar-refractivity contribution in [1.82, 2.24) is 0 Å². The van der Waals surface area contributed by atoms with Crippen molar-refractivity contribution in [3.63, 3.8) is 0 Å². The van der Waals surface area contributed by atoms with E-state index in [2.05, 4.69) is 44.4 Å². The number of para-hydroxylation sites is 1. The van der Waals surface area contributed by atoms with Crippen molar-refractivity contribution in [2.75, 3.05) is 11.5 Å². The van der Waals surface area contributed by atoms with Gasteiger partial charge in [0.15, 0.2) is 4.32 Å². The van der Waals surface area contributed by atoms with E-state index in [0.717, 1.165) is 19.3 Å². The summed E-state index contributed by atoms with van der Waals surface area (Å²) < 4.78 is 7.75. The van der Waals surface area contributed by atoms with E-state index in [9.17, 15) is 4.79 Å². The van der Waals surface area contributed by atoms with E-state index in [4.69, 9.17) is 23.4 Å². The summed E-state index contributed by atoms with van der Waals surface area (Å²) in [4.78, 5) is 14.9. The highest BCUT2D eigenvalue weighted by Gasteiger charge is 2.33. The number of thiocarbonyl (C=S) groups is 1. The second-order valence-corrected chi connectivity index (χ2v) is 8.85. The van der Waals surface area contributed by atoms with Crippen molar-refractivity contribution in [2.24, 2.45) is 0 Å². The number of hydrogen-bond acceptors (Lipinski definition) is 4. The topological polar surface area (TPSA) is 29.5 Å². The van der Waals surface area contributed by atoms with Crippen molar-refractivity contribution in [2.45, 2.75) is 0 Å². The predicted octanol–water partition coefficient (Wildman–Crippen LogP) is 5.47. The Kier molecular flexibility index (Phi) is 6.40. The zero-order chi connectivity index (χ0) is 18.7. The van der Waals surface area contributed by atoms with Gasteiger partial charge in [-0.15, -0.1) is 6.42 Å². The molecule has 2 aromatic rings. The molecule has 3 rings (SSSR count). The molecule has 26 heavy (non-hydrogen) atoms. The van der Waals surface area contributed by atoms with Gasteiger partial charge in [-0.2, -0.15) is 0 Å². The van der Waals surface area contributed by atoms with Crippen LogP contribution in [-0.2, 0) is 4.79 Å². The fourth-order valence-corrected chi connectivity index (χ4v) is 5.40. The Balaban J connectivity index is 1.90. The molecular weight excluding hydrogens is 545 g/mol. The Morgan fingerprint density at radius 3 is 2.73 bits per heavy atom. The SMILES string of the molecule is C#CCOc1c(Br)cc(/C=C2/SC(=S)N(c3ccccc3)C2=O)cc1I. The number of carbonyl (C=O) groups excluding carboxylic acids is 1. The summed E-state index contributed by atoms with van der Waals surface area (Å²) >= 11 is 12.4. The van der Waals surface area contributed by atoms with E-state index in [-0.39, 0.29) is 12.5 Å². The highest BCUT2D eigenvalue weighted by molar-refractivity contribution is 14.1. The molecule has 1 aliphatic heterocycles. The summed E-state index contributed by atoms with van der Waals surface area (Å²) in [5.74, 6) is 3.02. The van der Waals surface area contributed by atoms with E-state index in [0.29, 0.717) is 15.0 Å². The van der Waals surface area contributed by atoms with Crippen LogP contribution in [0.3, 0.4) is 0 Å². The monoisotopic (exact) mass is 555 g/mol. The quantitative estimate of drug-likeness (QED) is 0.216. The molecule has 0 N–H and O–H groups in total. The molecule has 0 aliphatic carbocycles. The van der Waals surface area contributed by atoms with E-state index in [1.807, 2.05) is 48.5 Å². The molecule has 0 bridgehead atoms. The smallest absolute Gasteiger partial charge is 0.270 e. The van der Waals surface area contributed by atoms with Crippen molar-refractivity contribution >= 4 is 84.5 Å². The van der Waals surface area contributed by atoms with Crippen LogP contribution in [0.5, 0.6) is 5.75 Å². The van der Waals surface area contributed by atoms with Crippen LogP contribution in [0.4, 0.5) is 5.69 Å². The van der Waals surface area contributed by atoms with Gasteiger partial charge in [-0.25, -0.2) is 0 Å². The number of nitrogens with zero attached hydrogens (tertiary/aromatic N) is 1. The fourth-order valence-electron chi connectivity index (χ4n) is 2.33. The fraction of sp³-hybridized carbons (Fsp3) is 0.0526. The van der Waals surface area contributed by atoms with Gasteiger partial charge in [0, 0.05) is 0 Å². The summed E-state index contributed by atoms with van der Waals surface area (Å²) in [5.41, 5.74) is 1.65. The van der Waals surface area contributed by atoms with Crippen LogP contribution < -0.4 is 9.64 Å². The molecule has 1 amide bonds.